The minimum absolute atomic E-state index is 0.0630. The fourth-order valence-electron chi connectivity index (χ4n) is 1.54. The molecular weight excluding hydrogens is 312 g/mol. The minimum Gasteiger partial charge on any atom is -0.398 e. The van der Waals surface area contributed by atoms with Crippen LogP contribution in [0.5, 0.6) is 0 Å². The molecule has 0 aliphatic heterocycles. The lowest BCUT2D eigenvalue weighted by molar-refractivity contribution is -0.119. The maximum atomic E-state index is 11.8. The van der Waals surface area contributed by atoms with Gasteiger partial charge in [-0.25, -0.2) is 0 Å². The van der Waals surface area contributed by atoms with Crippen LogP contribution in [0.2, 0.25) is 0 Å². The predicted molar refractivity (Wildman–Crippen MR) is 81.8 cm³/mol. The Labute approximate surface area is 121 Å². The summed E-state index contributed by atoms with van der Waals surface area (Å²) in [5.74, 6) is 0.463. The predicted octanol–water partition coefficient (Wildman–Crippen LogP) is 3.43. The van der Waals surface area contributed by atoms with Crippen LogP contribution in [0.1, 0.15) is 26.7 Å². The number of nitrogens with one attached hydrogen (secondary N) is 1. The summed E-state index contributed by atoms with van der Waals surface area (Å²) in [5.41, 5.74) is 6.56. The van der Waals surface area contributed by atoms with Crippen molar-refractivity contribution in [2.75, 3.05) is 11.5 Å². The van der Waals surface area contributed by atoms with E-state index in [0.29, 0.717) is 11.4 Å². The maximum Gasteiger partial charge on any atom is 0.230 e. The summed E-state index contributed by atoms with van der Waals surface area (Å²) in [4.78, 5) is 12.7. The minimum atomic E-state index is 0.0630. The number of carbonyl (C=O) groups is 1. The van der Waals surface area contributed by atoms with Gasteiger partial charge in [-0.05, 0) is 31.0 Å². The van der Waals surface area contributed by atoms with E-state index in [9.17, 15) is 4.79 Å². The van der Waals surface area contributed by atoms with Crippen molar-refractivity contribution < 1.29 is 4.79 Å². The lowest BCUT2D eigenvalue weighted by Crippen LogP contribution is -2.35. The van der Waals surface area contributed by atoms with Gasteiger partial charge in [-0.1, -0.05) is 29.8 Å². The fourth-order valence-corrected chi connectivity index (χ4v) is 2.87. The molecule has 5 heteroatoms. The van der Waals surface area contributed by atoms with Crippen molar-refractivity contribution in [1.82, 2.24) is 5.32 Å². The zero-order valence-electron chi connectivity index (χ0n) is 10.7. The van der Waals surface area contributed by atoms with Crippen molar-refractivity contribution in [3.05, 3.63) is 22.7 Å². The molecule has 0 bridgehead atoms. The number of amides is 1. The second kappa shape index (κ2) is 7.69. The molecule has 0 aliphatic rings. The van der Waals surface area contributed by atoms with Gasteiger partial charge in [0.2, 0.25) is 5.91 Å². The number of nitrogen functional groups attached to an aromatic ring is 1. The molecule has 0 heterocycles. The summed E-state index contributed by atoms with van der Waals surface area (Å²) in [7, 11) is 0. The third kappa shape index (κ3) is 4.90. The van der Waals surface area contributed by atoms with Gasteiger partial charge >= 0.3 is 0 Å². The zero-order valence-corrected chi connectivity index (χ0v) is 13.1. The van der Waals surface area contributed by atoms with E-state index in [1.165, 1.54) is 11.8 Å². The highest BCUT2D eigenvalue weighted by Crippen LogP contribution is 2.28. The summed E-state index contributed by atoms with van der Waals surface area (Å²) >= 11 is 4.86. The molecule has 0 aromatic heterocycles. The Morgan fingerprint density at radius 3 is 2.72 bits per heavy atom. The SMILES string of the molecule is CCC(CC)NC(=O)CSc1cc(Br)ccc1N. The van der Waals surface area contributed by atoms with Crippen LogP contribution in [0.4, 0.5) is 5.69 Å². The van der Waals surface area contributed by atoms with Crippen LogP contribution in [-0.2, 0) is 4.79 Å². The van der Waals surface area contributed by atoms with E-state index in [1.807, 2.05) is 18.2 Å². The standard InChI is InChI=1S/C13H19BrN2OS/c1-3-10(4-2)16-13(17)8-18-12-7-9(14)5-6-11(12)15/h5-7,10H,3-4,8,15H2,1-2H3,(H,16,17). The monoisotopic (exact) mass is 330 g/mol. The molecule has 0 saturated heterocycles. The number of halogens is 1. The van der Waals surface area contributed by atoms with E-state index in [1.54, 1.807) is 0 Å². The first-order valence-electron chi connectivity index (χ1n) is 6.04. The Hall–Kier alpha value is -0.680. The van der Waals surface area contributed by atoms with Gasteiger partial charge in [0.1, 0.15) is 0 Å². The van der Waals surface area contributed by atoms with Gasteiger partial charge in [-0.15, -0.1) is 11.8 Å². The molecule has 1 aromatic carbocycles. The molecule has 0 aliphatic carbocycles. The molecule has 18 heavy (non-hydrogen) atoms. The molecular formula is C13H19BrN2OS. The van der Waals surface area contributed by atoms with Crippen LogP contribution in [0.15, 0.2) is 27.6 Å². The van der Waals surface area contributed by atoms with Crippen LogP contribution >= 0.6 is 27.7 Å². The van der Waals surface area contributed by atoms with E-state index in [0.717, 1.165) is 22.2 Å². The number of rotatable bonds is 6. The molecule has 3 N–H and O–H groups in total. The molecule has 0 atom stereocenters. The van der Waals surface area contributed by atoms with Gasteiger partial charge in [-0.2, -0.15) is 0 Å². The lowest BCUT2D eigenvalue weighted by atomic mass is 10.2. The number of carbonyl (C=O) groups excluding carboxylic acids is 1. The van der Waals surface area contributed by atoms with Gasteiger partial charge in [0, 0.05) is 21.1 Å². The normalized spacial score (nSPS) is 10.7. The highest BCUT2D eigenvalue weighted by atomic mass is 79.9. The molecule has 1 aromatic rings. The molecule has 100 valence electrons. The molecule has 1 amide bonds. The summed E-state index contributed by atoms with van der Waals surface area (Å²) < 4.78 is 0.972. The van der Waals surface area contributed by atoms with Crippen LogP contribution in [0, 0.1) is 0 Å². The highest BCUT2D eigenvalue weighted by Gasteiger charge is 2.09. The number of benzene rings is 1. The van der Waals surface area contributed by atoms with Crippen LogP contribution in [-0.4, -0.2) is 17.7 Å². The van der Waals surface area contributed by atoms with Crippen molar-refractivity contribution in [1.29, 1.82) is 0 Å². The van der Waals surface area contributed by atoms with Crippen molar-refractivity contribution >= 4 is 39.3 Å². The highest BCUT2D eigenvalue weighted by molar-refractivity contribution is 9.10. The summed E-state index contributed by atoms with van der Waals surface area (Å²) in [5, 5.41) is 3.01. The Bertz CT molecular complexity index is 408. The quantitative estimate of drug-likeness (QED) is 0.620. The van der Waals surface area contributed by atoms with Gasteiger partial charge in [0.15, 0.2) is 0 Å². The first kappa shape index (κ1) is 15.4. The Balaban J connectivity index is 2.49. The average Bonchev–Trinajstić information content (AvgIpc) is 2.37. The van der Waals surface area contributed by atoms with Gasteiger partial charge in [0.25, 0.3) is 0 Å². The van der Waals surface area contributed by atoms with Crippen molar-refractivity contribution in [2.45, 2.75) is 37.6 Å². The molecule has 0 radical (unpaired) electrons. The molecule has 3 nitrogen and oxygen atoms in total. The average molecular weight is 331 g/mol. The van der Waals surface area contributed by atoms with Crippen LogP contribution in [0.25, 0.3) is 0 Å². The molecule has 0 saturated carbocycles. The molecule has 0 unspecified atom stereocenters. The van der Waals surface area contributed by atoms with Gasteiger partial charge in [-0.3, -0.25) is 4.79 Å². The van der Waals surface area contributed by atoms with Gasteiger partial charge < -0.3 is 11.1 Å². The van der Waals surface area contributed by atoms with Crippen molar-refractivity contribution in [2.24, 2.45) is 0 Å². The van der Waals surface area contributed by atoms with E-state index < -0.39 is 0 Å². The summed E-state index contributed by atoms with van der Waals surface area (Å²) in [6, 6.07) is 5.94. The van der Waals surface area contributed by atoms with Gasteiger partial charge in [0.05, 0.1) is 5.75 Å². The Morgan fingerprint density at radius 2 is 2.11 bits per heavy atom. The van der Waals surface area contributed by atoms with Crippen LogP contribution < -0.4 is 11.1 Å². The molecule has 0 spiro atoms. The fraction of sp³-hybridized carbons (Fsp3) is 0.462. The number of anilines is 1. The van der Waals surface area contributed by atoms with Crippen LogP contribution in [0.3, 0.4) is 0 Å². The third-order valence-corrected chi connectivity index (χ3v) is 4.25. The van der Waals surface area contributed by atoms with E-state index in [4.69, 9.17) is 5.73 Å². The topological polar surface area (TPSA) is 55.1 Å². The second-order valence-electron chi connectivity index (χ2n) is 4.05. The maximum absolute atomic E-state index is 11.8. The Morgan fingerprint density at radius 1 is 1.44 bits per heavy atom. The summed E-state index contributed by atoms with van der Waals surface area (Å²) in [6.07, 6.45) is 1.93. The van der Waals surface area contributed by atoms with Crippen molar-refractivity contribution in [3.8, 4) is 0 Å². The van der Waals surface area contributed by atoms with Crippen molar-refractivity contribution in [3.63, 3.8) is 0 Å². The number of nitrogens with two attached hydrogens (primary N) is 1. The lowest BCUT2D eigenvalue weighted by Gasteiger charge is -2.14. The van der Waals surface area contributed by atoms with E-state index in [2.05, 4.69) is 35.1 Å². The largest absolute Gasteiger partial charge is 0.398 e. The summed E-state index contributed by atoms with van der Waals surface area (Å²) in [6.45, 7) is 4.15. The Kier molecular flexibility index (Phi) is 6.57. The number of hydrogen-bond donors (Lipinski definition) is 2. The molecule has 0 fully saturated rings. The third-order valence-electron chi connectivity index (χ3n) is 2.69. The van der Waals surface area contributed by atoms with E-state index >= 15 is 0 Å². The number of hydrogen-bond acceptors (Lipinski definition) is 3. The van der Waals surface area contributed by atoms with E-state index in [-0.39, 0.29) is 11.9 Å². The first-order chi connectivity index (χ1) is 8.56. The smallest absolute Gasteiger partial charge is 0.230 e. The molecule has 1 rings (SSSR count). The number of thioether (sulfide) groups is 1. The zero-order chi connectivity index (χ0) is 13.5. The second-order valence-corrected chi connectivity index (χ2v) is 5.98. The first-order valence-corrected chi connectivity index (χ1v) is 7.81.